The molecule has 0 unspecified atom stereocenters. The van der Waals surface area contributed by atoms with Crippen LogP contribution in [0.5, 0.6) is 0 Å². The fourth-order valence-electron chi connectivity index (χ4n) is 3.26. The van der Waals surface area contributed by atoms with Gasteiger partial charge in [-0.3, -0.25) is 4.79 Å². The van der Waals surface area contributed by atoms with Crippen molar-refractivity contribution in [3.63, 3.8) is 0 Å². The number of sulfonamides is 1. The normalized spacial score (nSPS) is 16.7. The Morgan fingerprint density at radius 2 is 1.72 bits per heavy atom. The van der Waals surface area contributed by atoms with Gasteiger partial charge in [-0.1, -0.05) is 36.4 Å². The first-order chi connectivity index (χ1) is 13.9. The van der Waals surface area contributed by atoms with Gasteiger partial charge in [0.25, 0.3) is 0 Å². The van der Waals surface area contributed by atoms with E-state index in [1.807, 2.05) is 24.3 Å². The molecule has 1 atom stereocenters. The Hall–Kier alpha value is -2.71. The SMILES string of the molecule is CCS(=O)(=O)N1Cc2ccccc2C[C@H]1C(=O)OCc1ccc(C(=O)OC)cc1. The summed E-state index contributed by atoms with van der Waals surface area (Å²) in [6, 6.07) is 13.1. The molecule has 0 aromatic heterocycles. The Morgan fingerprint density at radius 3 is 2.34 bits per heavy atom. The van der Waals surface area contributed by atoms with Gasteiger partial charge in [0.2, 0.25) is 10.0 Å². The maximum atomic E-state index is 12.8. The Kier molecular flexibility index (Phi) is 6.34. The topological polar surface area (TPSA) is 90.0 Å². The van der Waals surface area contributed by atoms with Gasteiger partial charge in [-0.15, -0.1) is 0 Å². The number of benzene rings is 2. The van der Waals surface area contributed by atoms with Crippen molar-refractivity contribution in [2.45, 2.75) is 32.5 Å². The standard InChI is InChI=1S/C21H23NO6S/c1-3-29(25,26)22-13-18-7-5-4-6-17(18)12-19(22)21(24)28-14-15-8-10-16(11-9-15)20(23)27-2/h4-11,19H,3,12-14H2,1-2H3/t19-/m0/s1. The summed E-state index contributed by atoms with van der Waals surface area (Å²) in [6.07, 6.45) is 0.273. The lowest BCUT2D eigenvalue weighted by Crippen LogP contribution is -2.49. The van der Waals surface area contributed by atoms with E-state index in [1.165, 1.54) is 11.4 Å². The molecule has 2 aromatic rings. The summed E-state index contributed by atoms with van der Waals surface area (Å²) >= 11 is 0. The minimum Gasteiger partial charge on any atom is -0.465 e. The first-order valence-electron chi connectivity index (χ1n) is 9.26. The van der Waals surface area contributed by atoms with Crippen molar-refractivity contribution >= 4 is 22.0 Å². The molecular weight excluding hydrogens is 394 g/mol. The third-order valence-corrected chi connectivity index (χ3v) is 6.78. The average molecular weight is 417 g/mol. The minimum absolute atomic E-state index is 0.0154. The number of carbonyl (C=O) groups is 2. The molecule has 1 aliphatic rings. The second kappa shape index (κ2) is 8.75. The van der Waals surface area contributed by atoms with Crippen LogP contribution in [0.15, 0.2) is 48.5 Å². The van der Waals surface area contributed by atoms with Crippen LogP contribution in [0.1, 0.15) is 34.0 Å². The van der Waals surface area contributed by atoms with Crippen molar-refractivity contribution in [3.05, 3.63) is 70.8 Å². The van der Waals surface area contributed by atoms with Crippen molar-refractivity contribution in [1.82, 2.24) is 4.31 Å². The molecule has 0 saturated carbocycles. The Bertz CT molecular complexity index is 1000. The molecule has 0 saturated heterocycles. The van der Waals surface area contributed by atoms with E-state index in [0.717, 1.165) is 11.1 Å². The second-order valence-corrected chi connectivity index (χ2v) is 8.94. The summed E-state index contributed by atoms with van der Waals surface area (Å²) in [7, 11) is -2.28. The first kappa shape index (κ1) is 21.0. The van der Waals surface area contributed by atoms with E-state index in [2.05, 4.69) is 4.74 Å². The molecule has 3 rings (SSSR count). The molecule has 0 bridgehead atoms. The van der Waals surface area contributed by atoms with Crippen molar-refractivity contribution < 1.29 is 27.5 Å². The van der Waals surface area contributed by atoms with E-state index < -0.39 is 28.0 Å². The number of hydrogen-bond acceptors (Lipinski definition) is 6. The van der Waals surface area contributed by atoms with Crippen molar-refractivity contribution in [1.29, 1.82) is 0 Å². The van der Waals surface area contributed by atoms with Gasteiger partial charge >= 0.3 is 11.9 Å². The Morgan fingerprint density at radius 1 is 1.07 bits per heavy atom. The molecule has 1 heterocycles. The van der Waals surface area contributed by atoms with E-state index in [0.29, 0.717) is 11.1 Å². The van der Waals surface area contributed by atoms with Crippen molar-refractivity contribution in [2.75, 3.05) is 12.9 Å². The van der Waals surface area contributed by atoms with Crippen LogP contribution in [0.3, 0.4) is 0 Å². The van der Waals surface area contributed by atoms with E-state index in [9.17, 15) is 18.0 Å². The van der Waals surface area contributed by atoms with Gasteiger partial charge in [-0.2, -0.15) is 4.31 Å². The van der Waals surface area contributed by atoms with Gasteiger partial charge in [0.05, 0.1) is 18.4 Å². The van der Waals surface area contributed by atoms with E-state index >= 15 is 0 Å². The molecule has 0 amide bonds. The molecule has 29 heavy (non-hydrogen) atoms. The van der Waals surface area contributed by atoms with Crippen LogP contribution in [0, 0.1) is 0 Å². The number of esters is 2. The predicted molar refractivity (Wildman–Crippen MR) is 107 cm³/mol. The average Bonchev–Trinajstić information content (AvgIpc) is 2.76. The molecule has 2 aromatic carbocycles. The smallest absolute Gasteiger partial charge is 0.337 e. The number of fused-ring (bicyclic) bond motifs is 1. The molecule has 0 fully saturated rings. The zero-order chi connectivity index (χ0) is 21.0. The number of ether oxygens (including phenoxy) is 2. The van der Waals surface area contributed by atoms with E-state index in [1.54, 1.807) is 31.2 Å². The van der Waals surface area contributed by atoms with Crippen LogP contribution in [0.4, 0.5) is 0 Å². The van der Waals surface area contributed by atoms with Gasteiger partial charge in [-0.25, -0.2) is 13.2 Å². The van der Waals surface area contributed by atoms with Crippen LogP contribution in [-0.2, 0) is 43.9 Å². The van der Waals surface area contributed by atoms with Crippen LogP contribution in [-0.4, -0.2) is 43.6 Å². The molecular formula is C21H23NO6S. The molecule has 7 nitrogen and oxygen atoms in total. The number of carbonyl (C=O) groups excluding carboxylic acids is 2. The minimum atomic E-state index is -3.58. The van der Waals surface area contributed by atoms with E-state index in [4.69, 9.17) is 4.74 Å². The van der Waals surface area contributed by atoms with Crippen LogP contribution >= 0.6 is 0 Å². The molecule has 8 heteroatoms. The van der Waals surface area contributed by atoms with Crippen molar-refractivity contribution in [3.8, 4) is 0 Å². The van der Waals surface area contributed by atoms with Crippen molar-refractivity contribution in [2.24, 2.45) is 0 Å². The summed E-state index contributed by atoms with van der Waals surface area (Å²) in [4.78, 5) is 24.3. The Balaban J connectivity index is 1.74. The Labute approximate surface area is 170 Å². The summed E-state index contributed by atoms with van der Waals surface area (Å²) in [5, 5.41) is 0. The third-order valence-electron chi connectivity index (χ3n) is 4.96. The largest absolute Gasteiger partial charge is 0.465 e. The highest BCUT2D eigenvalue weighted by atomic mass is 32.2. The number of hydrogen-bond donors (Lipinski definition) is 0. The maximum Gasteiger partial charge on any atom is 0.337 e. The quantitative estimate of drug-likeness (QED) is 0.670. The summed E-state index contributed by atoms with van der Waals surface area (Å²) in [6.45, 7) is 1.69. The number of rotatable bonds is 6. The van der Waals surface area contributed by atoms with Gasteiger partial charge in [0.1, 0.15) is 12.6 Å². The molecule has 0 N–H and O–H groups in total. The fraction of sp³-hybridized carbons (Fsp3) is 0.333. The van der Waals surface area contributed by atoms with Crippen LogP contribution in [0.2, 0.25) is 0 Å². The maximum absolute atomic E-state index is 12.8. The lowest BCUT2D eigenvalue weighted by atomic mass is 9.96. The van der Waals surface area contributed by atoms with Crippen LogP contribution < -0.4 is 0 Å². The highest BCUT2D eigenvalue weighted by Gasteiger charge is 2.38. The molecule has 154 valence electrons. The second-order valence-electron chi connectivity index (χ2n) is 6.73. The highest BCUT2D eigenvalue weighted by Crippen LogP contribution is 2.27. The highest BCUT2D eigenvalue weighted by molar-refractivity contribution is 7.89. The predicted octanol–water partition coefficient (Wildman–Crippen LogP) is 2.29. The van der Waals surface area contributed by atoms with Gasteiger partial charge < -0.3 is 9.47 Å². The van der Waals surface area contributed by atoms with Gasteiger partial charge in [0.15, 0.2) is 0 Å². The first-order valence-corrected chi connectivity index (χ1v) is 10.9. The van der Waals surface area contributed by atoms with E-state index in [-0.39, 0.29) is 25.3 Å². The molecule has 0 aliphatic carbocycles. The zero-order valence-electron chi connectivity index (χ0n) is 16.3. The third kappa shape index (κ3) is 4.65. The molecule has 1 aliphatic heterocycles. The summed E-state index contributed by atoms with van der Waals surface area (Å²) in [5.41, 5.74) is 2.92. The fourth-order valence-corrected chi connectivity index (χ4v) is 4.48. The van der Waals surface area contributed by atoms with Gasteiger partial charge in [0, 0.05) is 13.0 Å². The summed E-state index contributed by atoms with van der Waals surface area (Å²) < 4.78 is 36.4. The zero-order valence-corrected chi connectivity index (χ0v) is 17.1. The summed E-state index contributed by atoms with van der Waals surface area (Å²) in [5.74, 6) is -1.13. The number of nitrogens with zero attached hydrogens (tertiary/aromatic N) is 1. The van der Waals surface area contributed by atoms with Crippen LogP contribution in [0.25, 0.3) is 0 Å². The number of methoxy groups -OCH3 is 1. The lowest BCUT2D eigenvalue weighted by molar-refractivity contribution is -0.150. The molecule has 0 radical (unpaired) electrons. The lowest BCUT2D eigenvalue weighted by Gasteiger charge is -2.34. The van der Waals surface area contributed by atoms with Gasteiger partial charge in [-0.05, 0) is 35.7 Å². The monoisotopic (exact) mass is 417 g/mol. The molecule has 0 spiro atoms.